The molecule has 0 radical (unpaired) electrons. The van der Waals surface area contributed by atoms with Crippen molar-refractivity contribution in [3.63, 3.8) is 0 Å². The zero-order chi connectivity index (χ0) is 14.5. The molecule has 1 heterocycles. The van der Waals surface area contributed by atoms with Crippen LogP contribution in [0.1, 0.15) is 38.4 Å². The Morgan fingerprint density at radius 2 is 1.89 bits per heavy atom. The highest BCUT2D eigenvalue weighted by Crippen LogP contribution is 2.25. The van der Waals surface area contributed by atoms with Crippen molar-refractivity contribution < 1.29 is 10.2 Å². The number of hydrogen-bond acceptors (Lipinski definition) is 4. The smallest absolute Gasteiger partial charge is 0.0722 e. The SMILES string of the molecule is Cn1cc(CN(CCO)CCCO)c(C(C)(C)C)n1. The van der Waals surface area contributed by atoms with Crippen LogP contribution >= 0.6 is 0 Å². The van der Waals surface area contributed by atoms with Crippen LogP contribution in [0.25, 0.3) is 0 Å². The molecule has 0 fully saturated rings. The molecule has 0 aliphatic heterocycles. The van der Waals surface area contributed by atoms with E-state index in [2.05, 4.69) is 30.8 Å². The van der Waals surface area contributed by atoms with Gasteiger partial charge in [-0.2, -0.15) is 5.10 Å². The molecule has 1 rings (SSSR count). The number of hydrogen-bond donors (Lipinski definition) is 2. The predicted molar refractivity (Wildman–Crippen MR) is 76.0 cm³/mol. The molecule has 1 aromatic heterocycles. The van der Waals surface area contributed by atoms with Crippen LogP contribution in [0, 0.1) is 0 Å². The van der Waals surface area contributed by atoms with Crippen LogP contribution in [0.15, 0.2) is 6.20 Å². The topological polar surface area (TPSA) is 61.5 Å². The Labute approximate surface area is 115 Å². The molecule has 0 aromatic carbocycles. The molecule has 0 bridgehead atoms. The number of aryl methyl sites for hydroxylation is 1. The van der Waals surface area contributed by atoms with Crippen LogP contribution in [0.3, 0.4) is 0 Å². The van der Waals surface area contributed by atoms with Gasteiger partial charge in [-0.15, -0.1) is 0 Å². The van der Waals surface area contributed by atoms with Crippen molar-refractivity contribution in [3.05, 3.63) is 17.5 Å². The maximum Gasteiger partial charge on any atom is 0.0722 e. The number of aromatic nitrogens is 2. The number of aliphatic hydroxyl groups is 2. The summed E-state index contributed by atoms with van der Waals surface area (Å²) in [6.07, 6.45) is 2.77. The quantitative estimate of drug-likeness (QED) is 0.772. The normalized spacial score (nSPS) is 12.4. The molecule has 0 amide bonds. The fourth-order valence-electron chi connectivity index (χ4n) is 2.23. The molecule has 5 nitrogen and oxygen atoms in total. The summed E-state index contributed by atoms with van der Waals surface area (Å²) in [5.41, 5.74) is 2.31. The van der Waals surface area contributed by atoms with Crippen molar-refractivity contribution in [1.82, 2.24) is 14.7 Å². The van der Waals surface area contributed by atoms with E-state index < -0.39 is 0 Å². The Kier molecular flexibility index (Phi) is 5.97. The van der Waals surface area contributed by atoms with Crippen molar-refractivity contribution in [2.45, 2.75) is 39.2 Å². The summed E-state index contributed by atoms with van der Waals surface area (Å²) in [5.74, 6) is 0. The van der Waals surface area contributed by atoms with Gasteiger partial charge in [-0.1, -0.05) is 20.8 Å². The van der Waals surface area contributed by atoms with Crippen molar-refractivity contribution >= 4 is 0 Å². The minimum atomic E-state index is 0.0124. The van der Waals surface area contributed by atoms with Crippen LogP contribution in [-0.2, 0) is 19.0 Å². The summed E-state index contributed by atoms with van der Waals surface area (Å²) in [7, 11) is 1.93. The lowest BCUT2D eigenvalue weighted by Crippen LogP contribution is -2.29. The zero-order valence-corrected chi connectivity index (χ0v) is 12.6. The predicted octanol–water partition coefficient (Wildman–Crippen LogP) is 0.894. The maximum atomic E-state index is 9.12. The van der Waals surface area contributed by atoms with E-state index in [9.17, 15) is 0 Å². The summed E-state index contributed by atoms with van der Waals surface area (Å²) in [5, 5.41) is 22.6. The maximum absolute atomic E-state index is 9.12. The van der Waals surface area contributed by atoms with E-state index >= 15 is 0 Å². The van der Waals surface area contributed by atoms with Gasteiger partial charge in [0.05, 0.1) is 12.3 Å². The summed E-state index contributed by atoms with van der Waals surface area (Å²) in [6, 6.07) is 0. The molecule has 0 spiro atoms. The van der Waals surface area contributed by atoms with Gasteiger partial charge in [-0.3, -0.25) is 9.58 Å². The third kappa shape index (κ3) is 4.93. The van der Waals surface area contributed by atoms with Crippen LogP contribution in [0.4, 0.5) is 0 Å². The Balaban J connectivity index is 2.83. The van der Waals surface area contributed by atoms with E-state index in [0.717, 1.165) is 25.2 Å². The van der Waals surface area contributed by atoms with Gasteiger partial charge in [-0.25, -0.2) is 0 Å². The third-order valence-electron chi connectivity index (χ3n) is 3.06. The summed E-state index contributed by atoms with van der Waals surface area (Å²) in [4.78, 5) is 2.16. The van der Waals surface area contributed by atoms with Crippen molar-refractivity contribution in [2.24, 2.45) is 7.05 Å². The second-order valence-corrected chi connectivity index (χ2v) is 6.00. The second kappa shape index (κ2) is 7.03. The van der Waals surface area contributed by atoms with Crippen molar-refractivity contribution in [2.75, 3.05) is 26.3 Å². The molecule has 0 unspecified atom stereocenters. The monoisotopic (exact) mass is 269 g/mol. The summed E-state index contributed by atoms with van der Waals surface area (Å²) < 4.78 is 1.85. The Hall–Kier alpha value is -0.910. The minimum absolute atomic E-state index is 0.0124. The summed E-state index contributed by atoms with van der Waals surface area (Å²) in [6.45, 7) is 8.96. The first-order chi connectivity index (χ1) is 8.88. The largest absolute Gasteiger partial charge is 0.396 e. The molecule has 0 aliphatic carbocycles. The third-order valence-corrected chi connectivity index (χ3v) is 3.06. The van der Waals surface area contributed by atoms with Gasteiger partial charge in [0.1, 0.15) is 0 Å². The average Bonchev–Trinajstić information content (AvgIpc) is 2.67. The first-order valence-corrected chi connectivity index (χ1v) is 6.85. The Morgan fingerprint density at radius 3 is 2.42 bits per heavy atom. The highest BCUT2D eigenvalue weighted by molar-refractivity contribution is 5.24. The fraction of sp³-hybridized carbons (Fsp3) is 0.786. The van der Waals surface area contributed by atoms with Crippen molar-refractivity contribution in [1.29, 1.82) is 0 Å². The lowest BCUT2D eigenvalue weighted by molar-refractivity contribution is 0.173. The van der Waals surface area contributed by atoms with Crippen LogP contribution in [-0.4, -0.2) is 51.2 Å². The van der Waals surface area contributed by atoms with E-state index in [1.807, 2.05) is 17.9 Å². The number of nitrogens with zero attached hydrogens (tertiary/aromatic N) is 3. The van der Waals surface area contributed by atoms with Crippen LogP contribution in [0.5, 0.6) is 0 Å². The van der Waals surface area contributed by atoms with Gasteiger partial charge >= 0.3 is 0 Å². The highest BCUT2D eigenvalue weighted by Gasteiger charge is 2.22. The molecular formula is C14H27N3O2. The van der Waals surface area contributed by atoms with Gasteiger partial charge < -0.3 is 10.2 Å². The lowest BCUT2D eigenvalue weighted by Gasteiger charge is -2.23. The zero-order valence-electron chi connectivity index (χ0n) is 12.6. The van der Waals surface area contributed by atoms with Gasteiger partial charge in [0.25, 0.3) is 0 Å². The Morgan fingerprint density at radius 1 is 1.21 bits per heavy atom. The van der Waals surface area contributed by atoms with Gasteiger partial charge in [0, 0.05) is 50.5 Å². The highest BCUT2D eigenvalue weighted by atomic mass is 16.3. The molecule has 110 valence electrons. The molecule has 19 heavy (non-hydrogen) atoms. The number of rotatable bonds is 7. The van der Waals surface area contributed by atoms with Crippen molar-refractivity contribution in [3.8, 4) is 0 Å². The molecule has 0 atom stereocenters. The molecule has 0 saturated carbocycles. The first-order valence-electron chi connectivity index (χ1n) is 6.85. The van der Waals surface area contributed by atoms with Gasteiger partial charge in [-0.05, 0) is 6.42 Å². The summed E-state index contributed by atoms with van der Waals surface area (Å²) >= 11 is 0. The van der Waals surface area contributed by atoms with Crippen LogP contribution in [0.2, 0.25) is 0 Å². The minimum Gasteiger partial charge on any atom is -0.396 e. The first kappa shape index (κ1) is 16.1. The average molecular weight is 269 g/mol. The van der Waals surface area contributed by atoms with Gasteiger partial charge in [0.15, 0.2) is 0 Å². The standard InChI is InChI=1S/C14H27N3O2/c1-14(2,3)13-12(10-16(4)15-13)11-17(7-9-19)6-5-8-18/h10,18-19H,5-9,11H2,1-4H3. The van der Waals surface area contributed by atoms with E-state index in [4.69, 9.17) is 10.2 Å². The second-order valence-electron chi connectivity index (χ2n) is 6.00. The molecular weight excluding hydrogens is 242 g/mol. The van der Waals surface area contributed by atoms with E-state index in [-0.39, 0.29) is 18.6 Å². The van der Waals surface area contributed by atoms with Gasteiger partial charge in [0.2, 0.25) is 0 Å². The molecule has 0 aliphatic rings. The van der Waals surface area contributed by atoms with E-state index in [1.165, 1.54) is 5.56 Å². The van der Waals surface area contributed by atoms with E-state index in [1.54, 1.807) is 0 Å². The fourth-order valence-corrected chi connectivity index (χ4v) is 2.23. The molecule has 0 saturated heterocycles. The Bertz CT molecular complexity index is 383. The molecule has 5 heteroatoms. The van der Waals surface area contributed by atoms with Crippen LogP contribution < -0.4 is 0 Å². The molecule has 2 N–H and O–H groups in total. The van der Waals surface area contributed by atoms with E-state index in [0.29, 0.717) is 6.54 Å². The molecule has 1 aromatic rings. The number of aliphatic hydroxyl groups excluding tert-OH is 2. The lowest BCUT2D eigenvalue weighted by atomic mass is 9.89.